The first-order chi connectivity index (χ1) is 9.00. The summed E-state index contributed by atoms with van der Waals surface area (Å²) < 4.78 is 0. The van der Waals surface area contributed by atoms with Crippen LogP contribution in [-0.4, -0.2) is 61.2 Å². The molecule has 1 saturated heterocycles. The zero-order chi connectivity index (χ0) is 14.3. The molecule has 0 aliphatic carbocycles. The Bertz CT molecular complexity index is 293. The topological polar surface area (TPSA) is 42.3 Å². The molecule has 0 aromatic heterocycles. The van der Waals surface area contributed by atoms with Gasteiger partial charge in [-0.3, -0.25) is 5.32 Å². The first-order valence-electron chi connectivity index (χ1n) is 7.59. The minimum atomic E-state index is -0.407. The van der Waals surface area contributed by atoms with E-state index in [-0.39, 0.29) is 0 Å². The van der Waals surface area contributed by atoms with Gasteiger partial charge in [0.1, 0.15) is 5.54 Å². The number of nitriles is 1. The molecule has 0 saturated carbocycles. The normalized spacial score (nSPS) is 21.3. The fourth-order valence-electron chi connectivity index (χ4n) is 2.82. The fraction of sp³-hybridized carbons (Fsp3) is 0.933. The molecule has 1 fully saturated rings. The molecule has 0 bridgehead atoms. The monoisotopic (exact) mass is 266 g/mol. The van der Waals surface area contributed by atoms with Crippen LogP contribution in [0.15, 0.2) is 0 Å². The largest absolute Gasteiger partial charge is 0.302 e. The van der Waals surface area contributed by atoms with Crippen LogP contribution in [0.2, 0.25) is 0 Å². The lowest BCUT2D eigenvalue weighted by Crippen LogP contribution is -2.47. The standard InChI is InChI=1S/C15H30N4/c1-5-17-15(3,13-16)12-14(2)18(4)10-11-19-8-6-7-9-19/h14,17H,5-12H2,1-4H3. The molecule has 1 aliphatic rings. The number of hydrogen-bond donors (Lipinski definition) is 1. The van der Waals surface area contributed by atoms with E-state index in [0.717, 1.165) is 26.1 Å². The van der Waals surface area contributed by atoms with Crippen molar-refractivity contribution < 1.29 is 0 Å². The van der Waals surface area contributed by atoms with Gasteiger partial charge in [-0.05, 0) is 59.8 Å². The molecule has 0 spiro atoms. The quantitative estimate of drug-likeness (QED) is 0.726. The molecule has 0 aromatic rings. The maximum Gasteiger partial charge on any atom is 0.105 e. The third-order valence-corrected chi connectivity index (χ3v) is 4.24. The Labute approximate surface area is 118 Å². The van der Waals surface area contributed by atoms with Crippen LogP contribution < -0.4 is 5.32 Å². The summed E-state index contributed by atoms with van der Waals surface area (Å²) in [6, 6.07) is 2.84. The van der Waals surface area contributed by atoms with E-state index in [1.54, 1.807) is 0 Å². The SMILES string of the molecule is CCNC(C)(C#N)CC(C)N(C)CCN1CCCC1. The van der Waals surface area contributed by atoms with Crippen molar-refractivity contribution in [3.05, 3.63) is 0 Å². The van der Waals surface area contributed by atoms with Crippen molar-refractivity contribution >= 4 is 0 Å². The Morgan fingerprint density at radius 3 is 2.58 bits per heavy atom. The average molecular weight is 266 g/mol. The molecule has 110 valence electrons. The molecule has 4 nitrogen and oxygen atoms in total. The molecule has 1 N–H and O–H groups in total. The Hall–Kier alpha value is -0.630. The van der Waals surface area contributed by atoms with E-state index in [1.165, 1.54) is 25.9 Å². The summed E-state index contributed by atoms with van der Waals surface area (Å²) in [4.78, 5) is 4.92. The van der Waals surface area contributed by atoms with Crippen molar-refractivity contribution in [3.63, 3.8) is 0 Å². The third-order valence-electron chi connectivity index (χ3n) is 4.24. The van der Waals surface area contributed by atoms with Gasteiger partial charge in [0, 0.05) is 19.1 Å². The van der Waals surface area contributed by atoms with Crippen LogP contribution in [0.5, 0.6) is 0 Å². The molecule has 0 amide bonds. The fourth-order valence-corrected chi connectivity index (χ4v) is 2.82. The van der Waals surface area contributed by atoms with Gasteiger partial charge in [-0.25, -0.2) is 0 Å². The molecule has 1 rings (SSSR count). The highest BCUT2D eigenvalue weighted by molar-refractivity contribution is 5.05. The van der Waals surface area contributed by atoms with Gasteiger partial charge in [0.05, 0.1) is 6.07 Å². The zero-order valence-electron chi connectivity index (χ0n) is 13.1. The van der Waals surface area contributed by atoms with E-state index < -0.39 is 5.54 Å². The van der Waals surface area contributed by atoms with E-state index in [0.29, 0.717) is 6.04 Å². The first-order valence-corrected chi connectivity index (χ1v) is 7.59. The highest BCUT2D eigenvalue weighted by atomic mass is 15.2. The van der Waals surface area contributed by atoms with E-state index in [2.05, 4.69) is 42.1 Å². The summed E-state index contributed by atoms with van der Waals surface area (Å²) >= 11 is 0. The molecular weight excluding hydrogens is 236 g/mol. The highest BCUT2D eigenvalue weighted by Gasteiger charge is 2.27. The summed E-state index contributed by atoms with van der Waals surface area (Å²) in [5.41, 5.74) is -0.407. The predicted molar refractivity (Wildman–Crippen MR) is 80.1 cm³/mol. The Kier molecular flexibility index (Phi) is 6.78. The molecule has 1 heterocycles. The smallest absolute Gasteiger partial charge is 0.105 e. The van der Waals surface area contributed by atoms with Crippen molar-refractivity contribution in [2.45, 2.75) is 51.6 Å². The van der Waals surface area contributed by atoms with E-state index >= 15 is 0 Å². The van der Waals surface area contributed by atoms with Crippen LogP contribution in [0, 0.1) is 11.3 Å². The molecule has 2 atom stereocenters. The molecular formula is C15H30N4. The summed E-state index contributed by atoms with van der Waals surface area (Å²) in [5.74, 6) is 0. The molecule has 1 aliphatic heterocycles. The van der Waals surface area contributed by atoms with Crippen LogP contribution in [0.4, 0.5) is 0 Å². The zero-order valence-corrected chi connectivity index (χ0v) is 13.1. The van der Waals surface area contributed by atoms with Crippen molar-refractivity contribution in [1.82, 2.24) is 15.1 Å². The minimum Gasteiger partial charge on any atom is -0.302 e. The highest BCUT2D eigenvalue weighted by Crippen LogP contribution is 2.15. The van der Waals surface area contributed by atoms with Gasteiger partial charge < -0.3 is 9.80 Å². The van der Waals surface area contributed by atoms with Crippen LogP contribution in [0.3, 0.4) is 0 Å². The molecule has 2 unspecified atom stereocenters. The molecule has 0 radical (unpaired) electrons. The lowest BCUT2D eigenvalue weighted by Gasteiger charge is -2.32. The third kappa shape index (κ3) is 5.48. The summed E-state index contributed by atoms with van der Waals surface area (Å²) in [6.07, 6.45) is 3.58. The number of nitrogens with one attached hydrogen (secondary N) is 1. The van der Waals surface area contributed by atoms with E-state index in [4.69, 9.17) is 0 Å². The van der Waals surface area contributed by atoms with Gasteiger partial charge >= 0.3 is 0 Å². The van der Waals surface area contributed by atoms with Crippen LogP contribution in [0.25, 0.3) is 0 Å². The number of likely N-dealkylation sites (tertiary alicyclic amines) is 1. The minimum absolute atomic E-state index is 0.407. The Morgan fingerprint density at radius 2 is 2.05 bits per heavy atom. The number of hydrogen-bond acceptors (Lipinski definition) is 4. The number of nitrogens with zero attached hydrogens (tertiary/aromatic N) is 3. The lowest BCUT2D eigenvalue weighted by molar-refractivity contribution is 0.188. The molecule has 4 heteroatoms. The van der Waals surface area contributed by atoms with Gasteiger partial charge in [0.15, 0.2) is 0 Å². The van der Waals surface area contributed by atoms with Crippen molar-refractivity contribution in [2.24, 2.45) is 0 Å². The van der Waals surface area contributed by atoms with Crippen molar-refractivity contribution in [2.75, 3.05) is 39.8 Å². The Morgan fingerprint density at radius 1 is 1.42 bits per heavy atom. The summed E-state index contributed by atoms with van der Waals surface area (Å²) in [7, 11) is 2.17. The van der Waals surface area contributed by atoms with Crippen molar-refractivity contribution in [1.29, 1.82) is 5.26 Å². The Balaban J connectivity index is 2.34. The first kappa shape index (κ1) is 16.4. The lowest BCUT2D eigenvalue weighted by atomic mass is 9.94. The molecule has 19 heavy (non-hydrogen) atoms. The maximum absolute atomic E-state index is 9.31. The number of likely N-dealkylation sites (N-methyl/N-ethyl adjacent to an activating group) is 1. The van der Waals surface area contributed by atoms with Gasteiger partial charge in [-0.2, -0.15) is 5.26 Å². The van der Waals surface area contributed by atoms with Crippen LogP contribution >= 0.6 is 0 Å². The van der Waals surface area contributed by atoms with Gasteiger partial charge in [0.25, 0.3) is 0 Å². The van der Waals surface area contributed by atoms with Gasteiger partial charge in [0.2, 0.25) is 0 Å². The predicted octanol–water partition coefficient (Wildman–Crippen LogP) is 1.68. The van der Waals surface area contributed by atoms with Gasteiger partial charge in [-0.15, -0.1) is 0 Å². The summed E-state index contributed by atoms with van der Waals surface area (Å²) in [5, 5.41) is 12.6. The second-order valence-electron chi connectivity index (χ2n) is 6.06. The number of rotatable bonds is 8. The van der Waals surface area contributed by atoms with Crippen LogP contribution in [-0.2, 0) is 0 Å². The van der Waals surface area contributed by atoms with Gasteiger partial charge in [-0.1, -0.05) is 6.92 Å². The average Bonchev–Trinajstić information content (AvgIpc) is 2.89. The van der Waals surface area contributed by atoms with Crippen LogP contribution in [0.1, 0.15) is 40.0 Å². The van der Waals surface area contributed by atoms with E-state index in [9.17, 15) is 5.26 Å². The van der Waals surface area contributed by atoms with Crippen molar-refractivity contribution in [3.8, 4) is 6.07 Å². The second kappa shape index (κ2) is 7.84. The molecule has 0 aromatic carbocycles. The second-order valence-corrected chi connectivity index (χ2v) is 6.06. The summed E-state index contributed by atoms with van der Waals surface area (Å²) in [6.45, 7) is 11.9. The maximum atomic E-state index is 9.31. The van der Waals surface area contributed by atoms with E-state index in [1.807, 2.05) is 6.92 Å².